The lowest BCUT2D eigenvalue weighted by molar-refractivity contribution is 0.473. The van der Waals surface area contributed by atoms with Crippen LogP contribution in [-0.2, 0) is 0 Å². The molecule has 0 aliphatic rings. The Labute approximate surface area is 106 Å². The summed E-state index contributed by atoms with van der Waals surface area (Å²) in [5, 5.41) is 3.55. The molecule has 1 atom stereocenters. The number of hydrogen-bond acceptors (Lipinski definition) is 2. The molecule has 3 N–H and O–H groups in total. The Bertz CT molecular complexity index is 328. The summed E-state index contributed by atoms with van der Waals surface area (Å²) in [7, 11) is 0. The molecule has 0 spiro atoms. The number of aryl methyl sites for hydroxylation is 2. The van der Waals surface area contributed by atoms with Gasteiger partial charge in [0, 0.05) is 12.2 Å². The molecule has 17 heavy (non-hydrogen) atoms. The maximum atomic E-state index is 5.65. The van der Waals surface area contributed by atoms with Crippen molar-refractivity contribution >= 4 is 5.69 Å². The van der Waals surface area contributed by atoms with Gasteiger partial charge in [0.25, 0.3) is 0 Å². The minimum Gasteiger partial charge on any atom is -0.385 e. The molecule has 0 fully saturated rings. The third kappa shape index (κ3) is 4.78. The molecule has 0 aromatic heterocycles. The molecule has 96 valence electrons. The van der Waals surface area contributed by atoms with Crippen LogP contribution in [0.15, 0.2) is 18.2 Å². The normalized spacial score (nSPS) is 12.5. The number of benzene rings is 1. The van der Waals surface area contributed by atoms with Crippen molar-refractivity contribution < 1.29 is 0 Å². The minimum atomic E-state index is 0.700. The van der Waals surface area contributed by atoms with Crippen molar-refractivity contribution in [2.75, 3.05) is 18.4 Å². The van der Waals surface area contributed by atoms with E-state index in [0.29, 0.717) is 5.92 Å². The molecule has 0 bridgehead atoms. The Morgan fingerprint density at radius 1 is 1.24 bits per heavy atom. The number of nitrogens with one attached hydrogen (secondary N) is 1. The monoisotopic (exact) mass is 234 g/mol. The fourth-order valence-corrected chi connectivity index (χ4v) is 2.26. The predicted octanol–water partition coefficient (Wildman–Crippen LogP) is 3.48. The average Bonchev–Trinajstić information content (AvgIpc) is 2.28. The van der Waals surface area contributed by atoms with Crippen molar-refractivity contribution in [3.63, 3.8) is 0 Å². The van der Waals surface area contributed by atoms with Crippen LogP contribution in [0.3, 0.4) is 0 Å². The highest BCUT2D eigenvalue weighted by Crippen LogP contribution is 2.18. The third-order valence-corrected chi connectivity index (χ3v) is 3.23. The van der Waals surface area contributed by atoms with Gasteiger partial charge in [0.2, 0.25) is 0 Å². The van der Waals surface area contributed by atoms with Gasteiger partial charge in [-0.15, -0.1) is 0 Å². The molecule has 0 heterocycles. The first-order chi connectivity index (χ1) is 8.17. The van der Waals surface area contributed by atoms with Crippen molar-refractivity contribution in [1.29, 1.82) is 0 Å². The van der Waals surface area contributed by atoms with Crippen LogP contribution in [0.25, 0.3) is 0 Å². The van der Waals surface area contributed by atoms with Crippen molar-refractivity contribution in [3.8, 4) is 0 Å². The topological polar surface area (TPSA) is 38.0 Å². The Morgan fingerprint density at radius 2 is 2.00 bits per heavy atom. The van der Waals surface area contributed by atoms with E-state index in [9.17, 15) is 0 Å². The lowest BCUT2D eigenvalue weighted by Gasteiger charge is -2.18. The molecular formula is C15H26N2. The van der Waals surface area contributed by atoms with Gasteiger partial charge >= 0.3 is 0 Å². The molecule has 0 aliphatic carbocycles. The van der Waals surface area contributed by atoms with E-state index < -0.39 is 0 Å². The van der Waals surface area contributed by atoms with Gasteiger partial charge in [-0.1, -0.05) is 31.0 Å². The summed E-state index contributed by atoms with van der Waals surface area (Å²) < 4.78 is 0. The molecule has 1 rings (SSSR count). The van der Waals surface area contributed by atoms with E-state index in [-0.39, 0.29) is 0 Å². The van der Waals surface area contributed by atoms with Crippen LogP contribution in [0.4, 0.5) is 5.69 Å². The van der Waals surface area contributed by atoms with Gasteiger partial charge < -0.3 is 11.1 Å². The fraction of sp³-hybridized carbons (Fsp3) is 0.600. The summed E-state index contributed by atoms with van der Waals surface area (Å²) in [6.45, 7) is 8.35. The first kappa shape index (κ1) is 14.0. The van der Waals surface area contributed by atoms with Gasteiger partial charge in [0.15, 0.2) is 0 Å². The smallest absolute Gasteiger partial charge is 0.0370 e. The molecular weight excluding hydrogens is 208 g/mol. The van der Waals surface area contributed by atoms with Crippen LogP contribution in [-0.4, -0.2) is 13.1 Å². The largest absolute Gasteiger partial charge is 0.385 e. The molecule has 2 nitrogen and oxygen atoms in total. The van der Waals surface area contributed by atoms with Crippen LogP contribution >= 0.6 is 0 Å². The lowest BCUT2D eigenvalue weighted by Crippen LogP contribution is -2.18. The summed E-state index contributed by atoms with van der Waals surface area (Å²) >= 11 is 0. The molecule has 0 radical (unpaired) electrons. The van der Waals surface area contributed by atoms with Gasteiger partial charge in [-0.05, 0) is 50.8 Å². The van der Waals surface area contributed by atoms with E-state index in [1.54, 1.807) is 0 Å². The summed E-state index contributed by atoms with van der Waals surface area (Å²) in [6, 6.07) is 6.56. The van der Waals surface area contributed by atoms with Crippen molar-refractivity contribution in [2.24, 2.45) is 11.7 Å². The van der Waals surface area contributed by atoms with Crippen LogP contribution in [0.1, 0.15) is 37.3 Å². The third-order valence-electron chi connectivity index (χ3n) is 3.23. The van der Waals surface area contributed by atoms with Crippen LogP contribution in [0, 0.1) is 19.8 Å². The molecule has 1 unspecified atom stereocenters. The van der Waals surface area contributed by atoms with Gasteiger partial charge in [0.05, 0.1) is 0 Å². The van der Waals surface area contributed by atoms with Crippen LogP contribution < -0.4 is 11.1 Å². The number of rotatable bonds is 7. The quantitative estimate of drug-likeness (QED) is 0.758. The zero-order valence-electron chi connectivity index (χ0n) is 11.4. The van der Waals surface area contributed by atoms with Gasteiger partial charge in [-0.25, -0.2) is 0 Å². The van der Waals surface area contributed by atoms with Crippen LogP contribution in [0.2, 0.25) is 0 Å². The Balaban J connectivity index is 2.52. The molecule has 0 aliphatic heterocycles. The fourth-order valence-electron chi connectivity index (χ4n) is 2.26. The summed E-state index contributed by atoms with van der Waals surface area (Å²) in [5.41, 5.74) is 9.56. The highest BCUT2D eigenvalue weighted by atomic mass is 14.9. The van der Waals surface area contributed by atoms with E-state index >= 15 is 0 Å². The zero-order valence-corrected chi connectivity index (χ0v) is 11.4. The van der Waals surface area contributed by atoms with E-state index in [1.807, 2.05) is 0 Å². The van der Waals surface area contributed by atoms with Gasteiger partial charge in [-0.2, -0.15) is 0 Å². The number of anilines is 1. The van der Waals surface area contributed by atoms with Crippen molar-refractivity contribution in [3.05, 3.63) is 29.3 Å². The first-order valence-electron chi connectivity index (χ1n) is 6.68. The van der Waals surface area contributed by atoms with Gasteiger partial charge in [-0.3, -0.25) is 0 Å². The number of nitrogens with two attached hydrogens (primary N) is 1. The van der Waals surface area contributed by atoms with Crippen LogP contribution in [0.5, 0.6) is 0 Å². The number of hydrogen-bond donors (Lipinski definition) is 2. The van der Waals surface area contributed by atoms with E-state index in [1.165, 1.54) is 29.7 Å². The Kier molecular flexibility index (Phi) is 6.06. The zero-order chi connectivity index (χ0) is 12.7. The summed E-state index contributed by atoms with van der Waals surface area (Å²) in [5.74, 6) is 0.700. The van der Waals surface area contributed by atoms with E-state index in [2.05, 4.69) is 44.3 Å². The molecule has 1 aromatic rings. The molecule has 1 aromatic carbocycles. The molecule has 0 amide bonds. The minimum absolute atomic E-state index is 0.700. The second-order valence-electron chi connectivity index (χ2n) is 4.93. The predicted molar refractivity (Wildman–Crippen MR) is 76.5 cm³/mol. The second kappa shape index (κ2) is 7.33. The SMILES string of the molecule is CCCC(CCN)CNc1ccc(C)cc1C. The first-order valence-corrected chi connectivity index (χ1v) is 6.68. The molecule has 0 saturated heterocycles. The standard InChI is InChI=1S/C15H26N2/c1-4-5-14(8-9-16)11-17-15-7-6-12(2)10-13(15)3/h6-7,10,14,17H,4-5,8-9,11,16H2,1-3H3. The molecule has 0 saturated carbocycles. The van der Waals surface area contributed by atoms with E-state index in [0.717, 1.165) is 19.5 Å². The lowest BCUT2D eigenvalue weighted by atomic mass is 9.99. The maximum absolute atomic E-state index is 5.65. The van der Waals surface area contributed by atoms with Gasteiger partial charge in [0.1, 0.15) is 0 Å². The van der Waals surface area contributed by atoms with Crippen molar-refractivity contribution in [2.45, 2.75) is 40.0 Å². The summed E-state index contributed by atoms with van der Waals surface area (Å²) in [4.78, 5) is 0. The Hall–Kier alpha value is -1.02. The highest BCUT2D eigenvalue weighted by Gasteiger charge is 2.07. The highest BCUT2D eigenvalue weighted by molar-refractivity contribution is 5.51. The molecule has 2 heteroatoms. The van der Waals surface area contributed by atoms with E-state index in [4.69, 9.17) is 5.73 Å². The average molecular weight is 234 g/mol. The second-order valence-corrected chi connectivity index (χ2v) is 4.93. The Morgan fingerprint density at radius 3 is 2.59 bits per heavy atom. The van der Waals surface area contributed by atoms with Crippen molar-refractivity contribution in [1.82, 2.24) is 0 Å². The summed E-state index contributed by atoms with van der Waals surface area (Å²) in [6.07, 6.45) is 3.61. The maximum Gasteiger partial charge on any atom is 0.0370 e.